The number of aryl methyl sites for hydroxylation is 1. The highest BCUT2D eigenvalue weighted by Crippen LogP contribution is 2.19. The Kier molecular flexibility index (Phi) is 8.95. The Morgan fingerprint density at radius 2 is 1.89 bits per heavy atom. The summed E-state index contributed by atoms with van der Waals surface area (Å²) in [7, 11) is 0. The van der Waals surface area contributed by atoms with E-state index in [1.54, 1.807) is 10.6 Å². The molecule has 7 nitrogen and oxygen atoms in total. The number of hydrogen-bond donors (Lipinski definition) is 0. The van der Waals surface area contributed by atoms with Gasteiger partial charge in [0, 0.05) is 52.5 Å². The lowest BCUT2D eigenvalue weighted by Crippen LogP contribution is -2.48. The van der Waals surface area contributed by atoms with Crippen molar-refractivity contribution >= 4 is 28.6 Å². The van der Waals surface area contributed by atoms with E-state index in [0.717, 1.165) is 39.1 Å². The molecule has 186 valence electrons. The van der Waals surface area contributed by atoms with Crippen molar-refractivity contribution in [3.8, 4) is 0 Å². The highest BCUT2D eigenvalue weighted by Gasteiger charge is 2.22. The van der Waals surface area contributed by atoms with E-state index >= 15 is 0 Å². The lowest BCUT2D eigenvalue weighted by molar-refractivity contribution is -0.130. The second kappa shape index (κ2) is 12.3. The van der Waals surface area contributed by atoms with Crippen molar-refractivity contribution in [2.24, 2.45) is 0 Å². The molecule has 0 aliphatic carbocycles. The summed E-state index contributed by atoms with van der Waals surface area (Å²) in [6, 6.07) is 16.0. The molecule has 1 saturated heterocycles. The molecule has 2 heterocycles. The predicted octanol–water partition coefficient (Wildman–Crippen LogP) is 3.57. The highest BCUT2D eigenvalue weighted by molar-refractivity contribution is 7.99. The maximum atomic E-state index is 13.1. The minimum atomic E-state index is -0.0631. The molecule has 0 radical (unpaired) electrons. The molecular weight excluding hydrogens is 460 g/mol. The number of para-hydroxylation sites is 1. The van der Waals surface area contributed by atoms with Gasteiger partial charge in [0.2, 0.25) is 5.91 Å². The number of piperazine rings is 1. The van der Waals surface area contributed by atoms with Gasteiger partial charge in [0.05, 0.1) is 16.7 Å². The largest absolute Gasteiger partial charge is 0.382 e. The standard InChI is InChI=1S/C27H34N4O3S/c1-3-34-17-7-12-31-26(33)23-10-4-5-11-24(23)28-27(31)35-20-25(32)30-15-13-29(14-16-30)19-22-9-6-8-21(2)18-22/h4-6,8-11,18H,3,7,12-17,19-20H2,1-2H3. The van der Waals surface area contributed by atoms with Crippen LogP contribution in [-0.2, 0) is 22.6 Å². The third kappa shape index (κ3) is 6.72. The lowest BCUT2D eigenvalue weighted by Gasteiger charge is -2.34. The summed E-state index contributed by atoms with van der Waals surface area (Å²) >= 11 is 1.35. The summed E-state index contributed by atoms with van der Waals surface area (Å²) in [5, 5.41) is 1.20. The van der Waals surface area contributed by atoms with Gasteiger partial charge in [0.15, 0.2) is 5.16 Å². The van der Waals surface area contributed by atoms with Crippen LogP contribution in [0.5, 0.6) is 0 Å². The van der Waals surface area contributed by atoms with Crippen molar-refractivity contribution in [3.05, 3.63) is 70.0 Å². The van der Waals surface area contributed by atoms with Crippen molar-refractivity contribution in [1.29, 1.82) is 0 Å². The zero-order valence-corrected chi connectivity index (χ0v) is 21.4. The summed E-state index contributed by atoms with van der Waals surface area (Å²) in [6.45, 7) is 9.90. The molecule has 1 amide bonds. The van der Waals surface area contributed by atoms with Crippen LogP contribution in [-0.4, -0.2) is 70.4 Å². The number of benzene rings is 2. The topological polar surface area (TPSA) is 67.7 Å². The molecule has 0 saturated carbocycles. The smallest absolute Gasteiger partial charge is 0.262 e. The third-order valence-corrected chi connectivity index (χ3v) is 7.20. The SMILES string of the molecule is CCOCCCn1c(SCC(=O)N2CCN(Cc3cccc(C)c3)CC2)nc2ccccc2c1=O. The first kappa shape index (κ1) is 25.4. The number of carbonyl (C=O) groups excluding carboxylic acids is 1. The van der Waals surface area contributed by atoms with Crippen molar-refractivity contribution in [2.75, 3.05) is 45.1 Å². The average molecular weight is 495 g/mol. The Morgan fingerprint density at radius 1 is 1.09 bits per heavy atom. The number of ether oxygens (including phenoxy) is 1. The molecule has 2 aromatic carbocycles. The molecule has 1 aliphatic heterocycles. The molecule has 3 aromatic rings. The highest BCUT2D eigenvalue weighted by atomic mass is 32.2. The summed E-state index contributed by atoms with van der Waals surface area (Å²) in [4.78, 5) is 35.2. The minimum Gasteiger partial charge on any atom is -0.382 e. The normalized spacial score (nSPS) is 14.5. The molecule has 1 fully saturated rings. The zero-order chi connectivity index (χ0) is 24.6. The Bertz CT molecular complexity index is 1200. The fourth-order valence-electron chi connectivity index (χ4n) is 4.37. The summed E-state index contributed by atoms with van der Waals surface area (Å²) in [6.07, 6.45) is 0.720. The van der Waals surface area contributed by atoms with E-state index in [4.69, 9.17) is 9.72 Å². The van der Waals surface area contributed by atoms with E-state index in [2.05, 4.69) is 36.1 Å². The average Bonchev–Trinajstić information content (AvgIpc) is 2.87. The summed E-state index contributed by atoms with van der Waals surface area (Å²) in [5.74, 6) is 0.363. The zero-order valence-electron chi connectivity index (χ0n) is 20.6. The predicted molar refractivity (Wildman–Crippen MR) is 141 cm³/mol. The number of rotatable bonds is 10. The number of nitrogens with zero attached hydrogens (tertiary/aromatic N) is 4. The van der Waals surface area contributed by atoms with E-state index in [9.17, 15) is 9.59 Å². The number of aromatic nitrogens is 2. The fraction of sp³-hybridized carbons (Fsp3) is 0.444. The fourth-order valence-corrected chi connectivity index (χ4v) is 5.29. The first-order chi connectivity index (χ1) is 17.0. The molecule has 0 spiro atoms. The van der Waals surface area contributed by atoms with Crippen molar-refractivity contribution in [3.63, 3.8) is 0 Å². The van der Waals surface area contributed by atoms with Gasteiger partial charge in [0.1, 0.15) is 0 Å². The maximum absolute atomic E-state index is 13.1. The van der Waals surface area contributed by atoms with E-state index in [-0.39, 0.29) is 17.2 Å². The molecule has 0 unspecified atom stereocenters. The number of fused-ring (bicyclic) bond motifs is 1. The minimum absolute atomic E-state index is 0.0631. The van der Waals surface area contributed by atoms with E-state index < -0.39 is 0 Å². The number of hydrogen-bond acceptors (Lipinski definition) is 6. The van der Waals surface area contributed by atoms with Gasteiger partial charge in [-0.3, -0.25) is 19.1 Å². The quantitative estimate of drug-likeness (QED) is 0.244. The van der Waals surface area contributed by atoms with Crippen molar-refractivity contribution < 1.29 is 9.53 Å². The Hall–Kier alpha value is -2.68. The molecule has 0 atom stereocenters. The van der Waals surface area contributed by atoms with Crippen LogP contribution in [0, 0.1) is 6.92 Å². The van der Waals surface area contributed by atoms with Gasteiger partial charge in [-0.25, -0.2) is 4.98 Å². The van der Waals surface area contributed by atoms with Gasteiger partial charge in [-0.1, -0.05) is 53.7 Å². The van der Waals surface area contributed by atoms with Crippen LogP contribution in [0.2, 0.25) is 0 Å². The second-order valence-electron chi connectivity index (χ2n) is 8.85. The molecule has 8 heteroatoms. The van der Waals surface area contributed by atoms with Gasteiger partial charge in [-0.2, -0.15) is 0 Å². The lowest BCUT2D eigenvalue weighted by atomic mass is 10.1. The van der Waals surface area contributed by atoms with Gasteiger partial charge in [0.25, 0.3) is 5.56 Å². The first-order valence-electron chi connectivity index (χ1n) is 12.3. The maximum Gasteiger partial charge on any atom is 0.262 e. The number of carbonyl (C=O) groups is 1. The van der Waals surface area contributed by atoms with Crippen LogP contribution in [0.15, 0.2) is 58.5 Å². The Morgan fingerprint density at radius 3 is 2.66 bits per heavy atom. The van der Waals surface area contributed by atoms with Gasteiger partial charge in [-0.15, -0.1) is 0 Å². The van der Waals surface area contributed by atoms with Crippen LogP contribution in [0.4, 0.5) is 0 Å². The molecule has 35 heavy (non-hydrogen) atoms. The van der Waals surface area contributed by atoms with Crippen LogP contribution in [0.3, 0.4) is 0 Å². The molecule has 0 bridgehead atoms. The van der Waals surface area contributed by atoms with Crippen LogP contribution < -0.4 is 5.56 Å². The van der Waals surface area contributed by atoms with Gasteiger partial charge >= 0.3 is 0 Å². The van der Waals surface area contributed by atoms with Crippen molar-refractivity contribution in [1.82, 2.24) is 19.4 Å². The van der Waals surface area contributed by atoms with Gasteiger partial charge < -0.3 is 9.64 Å². The molecule has 1 aromatic heterocycles. The monoisotopic (exact) mass is 494 g/mol. The first-order valence-corrected chi connectivity index (χ1v) is 13.3. The third-order valence-electron chi connectivity index (χ3n) is 6.24. The van der Waals surface area contributed by atoms with Gasteiger partial charge in [-0.05, 0) is 38.0 Å². The summed E-state index contributed by atoms with van der Waals surface area (Å²) in [5.41, 5.74) is 3.18. The van der Waals surface area contributed by atoms with Crippen LogP contribution in [0.1, 0.15) is 24.5 Å². The number of thioether (sulfide) groups is 1. The second-order valence-corrected chi connectivity index (χ2v) is 9.80. The number of amides is 1. The summed E-state index contributed by atoms with van der Waals surface area (Å²) < 4.78 is 7.14. The van der Waals surface area contributed by atoms with E-state index in [1.165, 1.54) is 22.9 Å². The van der Waals surface area contributed by atoms with E-state index in [1.807, 2.05) is 30.0 Å². The Balaban J connectivity index is 1.37. The Labute approximate surface area is 211 Å². The molecular formula is C27H34N4O3S. The molecule has 0 N–H and O–H groups in total. The van der Waals surface area contributed by atoms with E-state index in [0.29, 0.717) is 35.8 Å². The van der Waals surface area contributed by atoms with Crippen LogP contribution >= 0.6 is 11.8 Å². The van der Waals surface area contributed by atoms with Crippen LogP contribution in [0.25, 0.3) is 10.9 Å². The molecule has 4 rings (SSSR count). The van der Waals surface area contributed by atoms with Crippen molar-refractivity contribution in [2.45, 2.75) is 38.5 Å². The molecule has 1 aliphatic rings.